The summed E-state index contributed by atoms with van der Waals surface area (Å²) in [5.74, 6) is 0.0432. The van der Waals surface area contributed by atoms with Gasteiger partial charge in [-0.1, -0.05) is 11.6 Å². The van der Waals surface area contributed by atoms with Crippen molar-refractivity contribution in [1.29, 1.82) is 0 Å². The Hall–Kier alpha value is -0.810. The summed E-state index contributed by atoms with van der Waals surface area (Å²) in [7, 11) is -3.52. The van der Waals surface area contributed by atoms with Crippen molar-refractivity contribution in [2.24, 2.45) is 0 Å². The van der Waals surface area contributed by atoms with E-state index in [9.17, 15) is 8.42 Å². The maximum absolute atomic E-state index is 10.6. The number of rotatable bonds is 2. The quantitative estimate of drug-likeness (QED) is 0.538. The van der Waals surface area contributed by atoms with Crippen LogP contribution in [0.2, 0.25) is 5.15 Å². The van der Waals surface area contributed by atoms with Crippen molar-refractivity contribution in [3.8, 4) is 5.75 Å². The van der Waals surface area contributed by atoms with E-state index in [1.165, 1.54) is 18.3 Å². The minimum absolute atomic E-state index is 0.0305. The van der Waals surface area contributed by atoms with Crippen LogP contribution in [0.15, 0.2) is 18.3 Å². The maximum atomic E-state index is 10.6. The van der Waals surface area contributed by atoms with Gasteiger partial charge >= 0.3 is 10.1 Å². The fourth-order valence-electron chi connectivity index (χ4n) is 0.597. The van der Waals surface area contributed by atoms with Crippen molar-refractivity contribution in [3.63, 3.8) is 0 Å². The molecule has 0 spiro atoms. The molecule has 0 unspecified atom stereocenters. The Labute approximate surface area is 75.3 Å². The second kappa shape index (κ2) is 3.28. The van der Waals surface area contributed by atoms with Gasteiger partial charge in [0, 0.05) is 6.20 Å². The van der Waals surface area contributed by atoms with Gasteiger partial charge < -0.3 is 4.18 Å². The average Bonchev–Trinajstić information content (AvgIpc) is 1.91. The minimum Gasteiger partial charge on any atom is -0.379 e. The summed E-state index contributed by atoms with van der Waals surface area (Å²) in [5, 5.41) is 0.0305. The molecule has 0 aromatic carbocycles. The molecule has 0 aliphatic carbocycles. The van der Waals surface area contributed by atoms with E-state index in [2.05, 4.69) is 9.17 Å². The van der Waals surface area contributed by atoms with Crippen molar-refractivity contribution in [3.05, 3.63) is 23.5 Å². The van der Waals surface area contributed by atoms with Gasteiger partial charge in [-0.25, -0.2) is 4.98 Å². The molecular formula is C6H6ClNO3S. The second-order valence-corrected chi connectivity index (χ2v) is 4.01. The topological polar surface area (TPSA) is 56.3 Å². The summed E-state index contributed by atoms with van der Waals surface area (Å²) in [5.41, 5.74) is 0. The van der Waals surface area contributed by atoms with Gasteiger partial charge in [0.25, 0.3) is 0 Å². The third-order valence-corrected chi connectivity index (χ3v) is 1.73. The van der Waals surface area contributed by atoms with Gasteiger partial charge in [0.1, 0.15) is 0 Å². The van der Waals surface area contributed by atoms with Crippen LogP contribution in [-0.2, 0) is 10.1 Å². The summed E-state index contributed by atoms with van der Waals surface area (Å²) >= 11 is 5.53. The van der Waals surface area contributed by atoms with Crippen molar-refractivity contribution < 1.29 is 12.6 Å². The molecule has 0 radical (unpaired) electrons. The highest BCUT2D eigenvalue weighted by atomic mass is 35.5. The van der Waals surface area contributed by atoms with Gasteiger partial charge in [-0.05, 0) is 12.1 Å². The molecule has 0 aliphatic rings. The van der Waals surface area contributed by atoms with E-state index in [0.29, 0.717) is 0 Å². The maximum Gasteiger partial charge on any atom is 0.306 e. The van der Waals surface area contributed by atoms with E-state index in [0.717, 1.165) is 6.26 Å². The normalized spacial score (nSPS) is 11.2. The molecule has 0 aliphatic heterocycles. The number of hydrogen-bond acceptors (Lipinski definition) is 4. The Kier molecular flexibility index (Phi) is 2.54. The van der Waals surface area contributed by atoms with E-state index < -0.39 is 10.1 Å². The van der Waals surface area contributed by atoms with Crippen LogP contribution in [0.3, 0.4) is 0 Å². The molecule has 0 bridgehead atoms. The average molecular weight is 208 g/mol. The zero-order chi connectivity index (χ0) is 9.19. The molecule has 1 aromatic heterocycles. The first-order valence-electron chi connectivity index (χ1n) is 2.99. The van der Waals surface area contributed by atoms with Crippen LogP contribution in [0, 0.1) is 0 Å². The van der Waals surface area contributed by atoms with Crippen LogP contribution in [-0.4, -0.2) is 19.7 Å². The van der Waals surface area contributed by atoms with Crippen LogP contribution in [0.1, 0.15) is 0 Å². The zero-order valence-corrected chi connectivity index (χ0v) is 7.76. The van der Waals surface area contributed by atoms with Gasteiger partial charge in [0.05, 0.1) is 6.26 Å². The molecule has 0 saturated carbocycles. The van der Waals surface area contributed by atoms with Crippen LogP contribution >= 0.6 is 11.6 Å². The Bertz CT molecular complexity index is 376. The molecule has 1 aromatic rings. The highest BCUT2D eigenvalue weighted by Crippen LogP contribution is 2.21. The van der Waals surface area contributed by atoms with Crippen LogP contribution < -0.4 is 4.18 Å². The standard InChI is InChI=1S/C6H6ClNO3S/c1-12(9,10)11-5-3-2-4-8-6(5)7/h2-4H,1H3. The molecule has 0 amide bonds. The predicted molar refractivity (Wildman–Crippen MR) is 44.7 cm³/mol. The Morgan fingerprint density at radius 1 is 1.58 bits per heavy atom. The highest BCUT2D eigenvalue weighted by Gasteiger charge is 2.07. The molecule has 12 heavy (non-hydrogen) atoms. The molecule has 0 atom stereocenters. The van der Waals surface area contributed by atoms with Crippen LogP contribution in [0.5, 0.6) is 5.75 Å². The Morgan fingerprint density at radius 3 is 2.75 bits per heavy atom. The molecule has 66 valence electrons. The largest absolute Gasteiger partial charge is 0.379 e. The van der Waals surface area contributed by atoms with E-state index >= 15 is 0 Å². The summed E-state index contributed by atoms with van der Waals surface area (Å²) in [6, 6.07) is 2.96. The monoisotopic (exact) mass is 207 g/mol. The Morgan fingerprint density at radius 2 is 2.25 bits per heavy atom. The van der Waals surface area contributed by atoms with Crippen LogP contribution in [0.25, 0.3) is 0 Å². The van der Waals surface area contributed by atoms with E-state index in [1.54, 1.807) is 0 Å². The third kappa shape index (κ3) is 2.67. The summed E-state index contributed by atoms with van der Waals surface area (Å²) in [6.45, 7) is 0. The zero-order valence-electron chi connectivity index (χ0n) is 6.19. The number of halogens is 1. The molecule has 4 nitrogen and oxygen atoms in total. The highest BCUT2D eigenvalue weighted by molar-refractivity contribution is 7.86. The first-order chi connectivity index (χ1) is 5.49. The van der Waals surface area contributed by atoms with Gasteiger partial charge in [0.2, 0.25) is 0 Å². The fourth-order valence-corrected chi connectivity index (χ4v) is 1.26. The van der Waals surface area contributed by atoms with Crippen molar-refractivity contribution >= 4 is 21.7 Å². The fraction of sp³-hybridized carbons (Fsp3) is 0.167. The lowest BCUT2D eigenvalue weighted by Crippen LogP contribution is -2.06. The molecule has 0 N–H and O–H groups in total. The van der Waals surface area contributed by atoms with Gasteiger partial charge in [-0.15, -0.1) is 0 Å². The first-order valence-corrected chi connectivity index (χ1v) is 5.18. The first kappa shape index (κ1) is 9.28. The summed E-state index contributed by atoms with van der Waals surface area (Å²) in [4.78, 5) is 3.64. The van der Waals surface area contributed by atoms with Gasteiger partial charge in [-0.2, -0.15) is 8.42 Å². The van der Waals surface area contributed by atoms with E-state index in [1.807, 2.05) is 0 Å². The lowest BCUT2D eigenvalue weighted by Gasteiger charge is -2.02. The Balaban J connectivity index is 2.98. The molecule has 0 saturated heterocycles. The minimum atomic E-state index is -3.52. The molecule has 0 fully saturated rings. The smallest absolute Gasteiger partial charge is 0.306 e. The van der Waals surface area contributed by atoms with Gasteiger partial charge in [-0.3, -0.25) is 0 Å². The lowest BCUT2D eigenvalue weighted by molar-refractivity contribution is 0.492. The second-order valence-electron chi connectivity index (χ2n) is 2.08. The number of pyridine rings is 1. The lowest BCUT2D eigenvalue weighted by atomic mass is 10.5. The van der Waals surface area contributed by atoms with Crippen LogP contribution in [0.4, 0.5) is 0 Å². The third-order valence-electron chi connectivity index (χ3n) is 0.966. The van der Waals surface area contributed by atoms with E-state index in [-0.39, 0.29) is 10.9 Å². The molecule has 6 heteroatoms. The molecule has 1 rings (SSSR count). The number of nitrogens with zero attached hydrogens (tertiary/aromatic N) is 1. The van der Waals surface area contributed by atoms with Crippen molar-refractivity contribution in [1.82, 2.24) is 4.98 Å². The van der Waals surface area contributed by atoms with Crippen molar-refractivity contribution in [2.75, 3.05) is 6.26 Å². The van der Waals surface area contributed by atoms with E-state index in [4.69, 9.17) is 11.6 Å². The number of aromatic nitrogens is 1. The van der Waals surface area contributed by atoms with Crippen molar-refractivity contribution in [2.45, 2.75) is 0 Å². The van der Waals surface area contributed by atoms with Gasteiger partial charge in [0.15, 0.2) is 10.9 Å². The summed E-state index contributed by atoms with van der Waals surface area (Å²) < 4.78 is 25.8. The predicted octanol–water partition coefficient (Wildman–Crippen LogP) is 1.07. The SMILES string of the molecule is CS(=O)(=O)Oc1cccnc1Cl. The molecular weight excluding hydrogens is 202 g/mol. The summed E-state index contributed by atoms with van der Waals surface area (Å²) in [6.07, 6.45) is 2.38. The molecule has 1 heterocycles. The number of hydrogen-bond donors (Lipinski definition) is 0.